The third-order valence-electron chi connectivity index (χ3n) is 1.04. The topological polar surface area (TPSA) is 0 Å². The Labute approximate surface area is 63.3 Å². The van der Waals surface area contributed by atoms with Crippen LogP contribution in [0.1, 0.15) is 20.8 Å². The summed E-state index contributed by atoms with van der Waals surface area (Å²) in [7, 11) is 0. The number of allylic oxidation sites excluding steroid dienone is 3. The summed E-state index contributed by atoms with van der Waals surface area (Å²) in [5, 5.41) is 0. The summed E-state index contributed by atoms with van der Waals surface area (Å²) in [5.41, 5.74) is 6.74. The van der Waals surface area contributed by atoms with Gasteiger partial charge >= 0.3 is 0 Å². The quantitative estimate of drug-likeness (QED) is 0.402. The predicted octanol–water partition coefficient (Wildman–Crippen LogP) is 3.08. The van der Waals surface area contributed by atoms with Gasteiger partial charge in [-0.3, -0.25) is 0 Å². The molecule has 0 aliphatic rings. The van der Waals surface area contributed by atoms with Crippen LogP contribution in [0.15, 0.2) is 35.8 Å². The van der Waals surface area contributed by atoms with Gasteiger partial charge in [0.25, 0.3) is 0 Å². The second-order valence-electron chi connectivity index (χ2n) is 2.59. The molecule has 0 amide bonds. The van der Waals surface area contributed by atoms with Crippen molar-refractivity contribution in [2.24, 2.45) is 5.92 Å². The van der Waals surface area contributed by atoms with E-state index in [2.05, 4.69) is 44.9 Å². The SMILES string of the molecule is C=C=C=CC(C)C=C(C)C. The fourth-order valence-electron chi connectivity index (χ4n) is 0.764. The maximum atomic E-state index is 3.42. The van der Waals surface area contributed by atoms with Crippen LogP contribution in [0.5, 0.6) is 0 Å². The lowest BCUT2D eigenvalue weighted by Crippen LogP contribution is -1.81. The number of hydrogen-bond donors (Lipinski definition) is 0. The van der Waals surface area contributed by atoms with Crippen LogP contribution in [0.25, 0.3) is 0 Å². The fraction of sp³-hybridized carbons (Fsp3) is 0.400. The molecule has 0 radical (unpaired) electrons. The highest BCUT2D eigenvalue weighted by atomic mass is 13.9. The molecule has 0 heterocycles. The summed E-state index contributed by atoms with van der Waals surface area (Å²) in [4.78, 5) is 0. The van der Waals surface area contributed by atoms with Crippen molar-refractivity contribution in [1.82, 2.24) is 0 Å². The molecule has 54 valence electrons. The van der Waals surface area contributed by atoms with Gasteiger partial charge in [0.2, 0.25) is 0 Å². The minimum absolute atomic E-state index is 0.444. The third-order valence-corrected chi connectivity index (χ3v) is 1.04. The van der Waals surface area contributed by atoms with Crippen LogP contribution in [0.2, 0.25) is 0 Å². The normalized spacial score (nSPS) is 10.7. The van der Waals surface area contributed by atoms with E-state index in [1.54, 1.807) is 0 Å². The zero-order valence-corrected chi connectivity index (χ0v) is 6.94. The summed E-state index contributed by atoms with van der Waals surface area (Å²) in [6.07, 6.45) is 4.12. The van der Waals surface area contributed by atoms with Crippen molar-refractivity contribution in [2.75, 3.05) is 0 Å². The van der Waals surface area contributed by atoms with Gasteiger partial charge in [-0.15, -0.1) is 0 Å². The summed E-state index contributed by atoms with van der Waals surface area (Å²) in [5.74, 6) is 0.444. The molecule has 0 saturated carbocycles. The zero-order valence-electron chi connectivity index (χ0n) is 6.94. The van der Waals surface area contributed by atoms with Crippen LogP contribution in [-0.2, 0) is 0 Å². The molecule has 0 fully saturated rings. The van der Waals surface area contributed by atoms with Crippen molar-refractivity contribution >= 4 is 0 Å². The van der Waals surface area contributed by atoms with E-state index in [1.165, 1.54) is 5.57 Å². The highest BCUT2D eigenvalue weighted by molar-refractivity contribution is 5.03. The average molecular weight is 134 g/mol. The largest absolute Gasteiger partial charge is 0.0798 e. The first-order valence-corrected chi connectivity index (χ1v) is 3.42. The summed E-state index contributed by atoms with van der Waals surface area (Å²) < 4.78 is 0. The molecule has 0 saturated heterocycles. The van der Waals surface area contributed by atoms with E-state index >= 15 is 0 Å². The first-order valence-electron chi connectivity index (χ1n) is 3.42. The molecule has 0 aliphatic heterocycles. The minimum atomic E-state index is 0.444. The van der Waals surface area contributed by atoms with Crippen LogP contribution >= 0.6 is 0 Å². The van der Waals surface area contributed by atoms with E-state index < -0.39 is 0 Å². The maximum Gasteiger partial charge on any atom is 0.000297 e. The molecule has 0 spiro atoms. The predicted molar refractivity (Wildman–Crippen MR) is 45.8 cm³/mol. The van der Waals surface area contributed by atoms with E-state index in [4.69, 9.17) is 0 Å². The smallest absolute Gasteiger partial charge is 0.000297 e. The Kier molecular flexibility index (Phi) is 4.41. The average Bonchev–Trinajstić information content (AvgIpc) is 1.82. The Morgan fingerprint density at radius 3 is 2.50 bits per heavy atom. The Balaban J connectivity index is 4.11. The third kappa shape index (κ3) is 5.18. The summed E-state index contributed by atoms with van der Waals surface area (Å²) in [6, 6.07) is 0. The van der Waals surface area contributed by atoms with Gasteiger partial charge < -0.3 is 0 Å². The van der Waals surface area contributed by atoms with Crippen LogP contribution in [0.4, 0.5) is 0 Å². The van der Waals surface area contributed by atoms with Crippen molar-refractivity contribution in [3.05, 3.63) is 35.8 Å². The van der Waals surface area contributed by atoms with E-state index in [0.717, 1.165) is 0 Å². The summed E-state index contributed by atoms with van der Waals surface area (Å²) in [6.45, 7) is 9.70. The molecule has 0 nitrogen and oxygen atoms in total. The van der Waals surface area contributed by atoms with E-state index in [1.807, 2.05) is 6.08 Å². The standard InChI is InChI=1S/C10H14/c1-5-6-7-10(4)8-9(2)3/h7-8,10H,1H2,2-4H3. The molecule has 0 heteroatoms. The number of hydrogen-bond acceptors (Lipinski definition) is 0. The monoisotopic (exact) mass is 134 g/mol. The maximum absolute atomic E-state index is 3.42. The Morgan fingerprint density at radius 2 is 2.10 bits per heavy atom. The Bertz CT molecular complexity index is 192. The van der Waals surface area contributed by atoms with Gasteiger partial charge in [-0.1, -0.05) is 30.0 Å². The molecular formula is C10H14. The van der Waals surface area contributed by atoms with E-state index in [0.29, 0.717) is 5.92 Å². The highest BCUT2D eigenvalue weighted by Crippen LogP contribution is 2.01. The van der Waals surface area contributed by atoms with Crippen LogP contribution in [0, 0.1) is 5.92 Å². The van der Waals surface area contributed by atoms with Crippen LogP contribution in [-0.4, -0.2) is 0 Å². The van der Waals surface area contributed by atoms with Gasteiger partial charge in [-0.25, -0.2) is 0 Å². The molecule has 0 aliphatic carbocycles. The van der Waals surface area contributed by atoms with Crippen molar-refractivity contribution in [3.63, 3.8) is 0 Å². The lowest BCUT2D eigenvalue weighted by atomic mass is 10.1. The Hall–Kier alpha value is -0.960. The number of rotatable bonds is 2. The highest BCUT2D eigenvalue weighted by Gasteiger charge is 1.87. The zero-order chi connectivity index (χ0) is 7.98. The molecule has 1 atom stereocenters. The van der Waals surface area contributed by atoms with Gasteiger partial charge in [0.05, 0.1) is 0 Å². The van der Waals surface area contributed by atoms with Crippen molar-refractivity contribution < 1.29 is 0 Å². The summed E-state index contributed by atoms with van der Waals surface area (Å²) >= 11 is 0. The molecule has 1 unspecified atom stereocenters. The second-order valence-corrected chi connectivity index (χ2v) is 2.59. The minimum Gasteiger partial charge on any atom is -0.0798 e. The molecule has 0 aromatic carbocycles. The van der Waals surface area contributed by atoms with Crippen molar-refractivity contribution in [1.29, 1.82) is 0 Å². The van der Waals surface area contributed by atoms with Gasteiger partial charge in [0.1, 0.15) is 0 Å². The van der Waals surface area contributed by atoms with Crippen LogP contribution < -0.4 is 0 Å². The Morgan fingerprint density at radius 1 is 1.50 bits per heavy atom. The van der Waals surface area contributed by atoms with Gasteiger partial charge in [-0.05, 0) is 26.5 Å². The molecule has 0 aromatic rings. The van der Waals surface area contributed by atoms with Gasteiger partial charge in [-0.2, -0.15) is 0 Å². The van der Waals surface area contributed by atoms with E-state index in [-0.39, 0.29) is 0 Å². The molecular weight excluding hydrogens is 120 g/mol. The second kappa shape index (κ2) is 4.88. The van der Waals surface area contributed by atoms with Crippen molar-refractivity contribution in [3.8, 4) is 0 Å². The molecule has 0 aromatic heterocycles. The lowest BCUT2D eigenvalue weighted by Gasteiger charge is -1.95. The van der Waals surface area contributed by atoms with E-state index in [9.17, 15) is 0 Å². The van der Waals surface area contributed by atoms with Crippen LogP contribution in [0.3, 0.4) is 0 Å². The fourth-order valence-corrected chi connectivity index (χ4v) is 0.764. The van der Waals surface area contributed by atoms with Gasteiger partial charge in [0, 0.05) is 5.92 Å². The van der Waals surface area contributed by atoms with Crippen molar-refractivity contribution in [2.45, 2.75) is 20.8 Å². The first kappa shape index (κ1) is 9.04. The lowest BCUT2D eigenvalue weighted by molar-refractivity contribution is 0.927. The first-order chi connectivity index (χ1) is 4.66. The van der Waals surface area contributed by atoms with Gasteiger partial charge in [0.15, 0.2) is 0 Å². The molecule has 0 N–H and O–H groups in total. The molecule has 0 rings (SSSR count). The molecule has 0 bridgehead atoms. The molecule has 10 heavy (non-hydrogen) atoms.